The summed E-state index contributed by atoms with van der Waals surface area (Å²) in [5.41, 5.74) is 8.35. The predicted octanol–water partition coefficient (Wildman–Crippen LogP) is 3.50. The Kier molecular flexibility index (Phi) is 4.79. The first kappa shape index (κ1) is 19.3. The molecule has 0 aliphatic heterocycles. The molecule has 0 saturated heterocycles. The van der Waals surface area contributed by atoms with E-state index in [0.29, 0.717) is 27.8 Å². The van der Waals surface area contributed by atoms with Crippen molar-refractivity contribution in [1.82, 2.24) is 14.5 Å². The molecule has 150 valence electrons. The monoisotopic (exact) mass is 400 g/mol. The minimum atomic E-state index is -0.695. The average Bonchev–Trinajstić information content (AvgIpc) is 2.73. The first-order chi connectivity index (χ1) is 14.3. The molecule has 7 nitrogen and oxygen atoms in total. The molecular weight excluding hydrogens is 380 g/mol. The average molecular weight is 400 g/mol. The fourth-order valence-corrected chi connectivity index (χ4v) is 3.41. The second-order valence-electron chi connectivity index (χ2n) is 7.11. The lowest BCUT2D eigenvalue weighted by Gasteiger charge is -2.13. The summed E-state index contributed by atoms with van der Waals surface area (Å²) in [6.07, 6.45) is 1.68. The molecule has 2 aromatic heterocycles. The highest BCUT2D eigenvalue weighted by Crippen LogP contribution is 2.30. The minimum Gasteiger partial charge on any atom is -0.424 e. The smallest absolute Gasteiger partial charge is 0.323 e. The first-order valence-electron chi connectivity index (χ1n) is 9.37. The van der Waals surface area contributed by atoms with E-state index < -0.39 is 5.91 Å². The van der Waals surface area contributed by atoms with Crippen LogP contribution >= 0.6 is 0 Å². The van der Waals surface area contributed by atoms with Gasteiger partial charge in [-0.2, -0.15) is 9.97 Å². The summed E-state index contributed by atoms with van der Waals surface area (Å²) in [7, 11) is 1.67. The molecule has 2 aromatic carbocycles. The number of para-hydroxylation sites is 1. The maximum absolute atomic E-state index is 12.5. The number of ether oxygens (including phenoxy) is 1. The Morgan fingerprint density at radius 2 is 1.67 bits per heavy atom. The summed E-state index contributed by atoms with van der Waals surface area (Å²) >= 11 is 0. The third-order valence-corrected chi connectivity index (χ3v) is 4.93. The second-order valence-corrected chi connectivity index (χ2v) is 7.11. The van der Waals surface area contributed by atoms with E-state index >= 15 is 0 Å². The van der Waals surface area contributed by atoms with Gasteiger partial charge in [-0.05, 0) is 42.5 Å². The van der Waals surface area contributed by atoms with Crippen LogP contribution in [0.5, 0.6) is 11.8 Å². The van der Waals surface area contributed by atoms with Crippen LogP contribution in [0.3, 0.4) is 0 Å². The van der Waals surface area contributed by atoms with E-state index in [4.69, 9.17) is 10.5 Å². The van der Waals surface area contributed by atoms with Gasteiger partial charge in [-0.1, -0.05) is 36.4 Å². The van der Waals surface area contributed by atoms with Crippen molar-refractivity contribution in [2.75, 3.05) is 0 Å². The van der Waals surface area contributed by atoms with Crippen LogP contribution in [0.1, 0.15) is 21.6 Å². The molecule has 0 aliphatic carbocycles. The zero-order valence-corrected chi connectivity index (χ0v) is 16.8. The van der Waals surface area contributed by atoms with Gasteiger partial charge < -0.3 is 15.0 Å². The van der Waals surface area contributed by atoms with Crippen LogP contribution in [0.4, 0.5) is 0 Å². The van der Waals surface area contributed by atoms with Gasteiger partial charge in [0.1, 0.15) is 11.4 Å². The number of fused-ring (bicyclic) bond motifs is 1. The number of carbonyl (C=O) groups excluding carboxylic acids is 1. The van der Waals surface area contributed by atoms with Gasteiger partial charge in [-0.3, -0.25) is 9.59 Å². The molecule has 2 heterocycles. The zero-order valence-electron chi connectivity index (χ0n) is 16.8. The van der Waals surface area contributed by atoms with Gasteiger partial charge >= 0.3 is 6.01 Å². The van der Waals surface area contributed by atoms with Crippen LogP contribution in [0.15, 0.2) is 59.5 Å². The number of aromatic nitrogens is 3. The molecule has 0 aliphatic rings. The van der Waals surface area contributed by atoms with E-state index in [9.17, 15) is 9.59 Å². The number of primary amides is 1. The molecule has 0 fully saturated rings. The van der Waals surface area contributed by atoms with Crippen LogP contribution < -0.4 is 16.0 Å². The van der Waals surface area contributed by atoms with E-state index in [2.05, 4.69) is 9.97 Å². The fraction of sp³-hybridized carbons (Fsp3) is 0.130. The van der Waals surface area contributed by atoms with E-state index in [0.717, 1.165) is 11.1 Å². The summed E-state index contributed by atoms with van der Waals surface area (Å²) < 4.78 is 7.44. The van der Waals surface area contributed by atoms with Crippen molar-refractivity contribution >= 4 is 16.7 Å². The first-order valence-corrected chi connectivity index (χ1v) is 9.37. The van der Waals surface area contributed by atoms with E-state index in [1.165, 1.54) is 10.6 Å². The number of hydrogen-bond acceptors (Lipinski definition) is 5. The lowest BCUT2D eigenvalue weighted by atomic mass is 10.0. The van der Waals surface area contributed by atoms with Gasteiger partial charge in [0.05, 0.1) is 5.69 Å². The molecule has 2 N–H and O–H groups in total. The van der Waals surface area contributed by atoms with Crippen LogP contribution in [-0.4, -0.2) is 20.4 Å². The maximum Gasteiger partial charge on any atom is 0.323 e. The third-order valence-electron chi connectivity index (χ3n) is 4.93. The zero-order chi connectivity index (χ0) is 21.4. The van der Waals surface area contributed by atoms with Gasteiger partial charge in [0.25, 0.3) is 11.5 Å². The number of aryl methyl sites for hydroxylation is 3. The summed E-state index contributed by atoms with van der Waals surface area (Å²) in [5.74, 6) is -0.0745. The summed E-state index contributed by atoms with van der Waals surface area (Å²) in [5, 5.41) is 1.27. The largest absolute Gasteiger partial charge is 0.424 e. The van der Waals surface area contributed by atoms with Crippen molar-refractivity contribution < 1.29 is 9.53 Å². The van der Waals surface area contributed by atoms with Crippen LogP contribution in [0.25, 0.3) is 22.0 Å². The molecule has 7 heteroatoms. The Bertz CT molecular complexity index is 1340. The second kappa shape index (κ2) is 7.44. The van der Waals surface area contributed by atoms with E-state index in [1.54, 1.807) is 25.4 Å². The van der Waals surface area contributed by atoms with Crippen molar-refractivity contribution in [3.8, 4) is 23.0 Å². The molecule has 0 radical (unpaired) electrons. The molecule has 4 aromatic rings. The van der Waals surface area contributed by atoms with Crippen LogP contribution in [0, 0.1) is 13.8 Å². The molecule has 30 heavy (non-hydrogen) atoms. The van der Waals surface area contributed by atoms with Crippen molar-refractivity contribution in [3.05, 3.63) is 81.9 Å². The van der Waals surface area contributed by atoms with Gasteiger partial charge in [-0.25, -0.2) is 0 Å². The van der Waals surface area contributed by atoms with Crippen LogP contribution in [-0.2, 0) is 7.05 Å². The number of nitrogens with zero attached hydrogens (tertiary/aromatic N) is 3. The Labute approximate surface area is 172 Å². The predicted molar refractivity (Wildman–Crippen MR) is 115 cm³/mol. The topological polar surface area (TPSA) is 100 Å². The maximum atomic E-state index is 12.5. The molecule has 0 saturated carbocycles. The molecule has 4 rings (SSSR count). The van der Waals surface area contributed by atoms with Crippen molar-refractivity contribution in [1.29, 1.82) is 0 Å². The number of nitrogens with two attached hydrogens (primary N) is 1. The summed E-state index contributed by atoms with van der Waals surface area (Å²) in [4.78, 5) is 33.1. The van der Waals surface area contributed by atoms with E-state index in [1.807, 2.05) is 44.2 Å². The highest BCUT2D eigenvalue weighted by atomic mass is 16.5. The summed E-state index contributed by atoms with van der Waals surface area (Å²) in [6, 6.07) is 14.5. The van der Waals surface area contributed by atoms with Crippen molar-refractivity contribution in [2.24, 2.45) is 12.8 Å². The molecule has 1 amide bonds. The number of amides is 1. The number of rotatable bonds is 4. The lowest BCUT2D eigenvalue weighted by Crippen LogP contribution is -2.17. The number of pyridine rings is 1. The highest BCUT2D eigenvalue weighted by molar-refractivity contribution is 5.97. The lowest BCUT2D eigenvalue weighted by molar-refractivity contribution is 0.0994. The third kappa shape index (κ3) is 3.41. The quantitative estimate of drug-likeness (QED) is 0.565. The molecular formula is C23H20N4O3. The minimum absolute atomic E-state index is 0.0108. The Hall–Kier alpha value is -4.00. The molecule has 0 unspecified atom stereocenters. The molecule has 0 atom stereocenters. The van der Waals surface area contributed by atoms with Crippen molar-refractivity contribution in [2.45, 2.75) is 13.8 Å². The SMILES string of the molecule is Cc1cccc(C)c1Oc1nc(C(N)=O)cc(-c2cn(C)c(=O)c3ccccc23)n1. The summed E-state index contributed by atoms with van der Waals surface area (Å²) in [6.45, 7) is 3.84. The normalized spacial score (nSPS) is 10.9. The fourth-order valence-electron chi connectivity index (χ4n) is 3.41. The number of hydrogen-bond donors (Lipinski definition) is 1. The van der Waals surface area contributed by atoms with Crippen molar-refractivity contribution in [3.63, 3.8) is 0 Å². The highest BCUT2D eigenvalue weighted by Gasteiger charge is 2.16. The Morgan fingerprint density at radius 1 is 1.00 bits per heavy atom. The Balaban J connectivity index is 1.94. The standard InChI is InChI=1S/C23H20N4O3/c1-13-7-6-8-14(2)20(13)30-23-25-18(11-19(26-23)21(24)28)17-12-27(3)22(29)16-10-5-4-9-15(16)17/h4-12H,1-3H3,(H2,24,28). The molecule has 0 spiro atoms. The number of benzene rings is 2. The van der Waals surface area contributed by atoms with Gasteiger partial charge in [0.2, 0.25) is 0 Å². The Morgan fingerprint density at radius 3 is 2.33 bits per heavy atom. The van der Waals surface area contributed by atoms with E-state index in [-0.39, 0.29) is 17.3 Å². The molecule has 0 bridgehead atoms. The van der Waals surface area contributed by atoms with Gasteiger partial charge in [-0.15, -0.1) is 0 Å². The van der Waals surface area contributed by atoms with Crippen LogP contribution in [0.2, 0.25) is 0 Å². The van der Waals surface area contributed by atoms with Gasteiger partial charge in [0, 0.05) is 24.2 Å². The number of carbonyl (C=O) groups is 1. The van der Waals surface area contributed by atoms with Gasteiger partial charge in [0.15, 0.2) is 0 Å².